The van der Waals surface area contributed by atoms with Crippen LogP contribution >= 0.6 is 0 Å². The Morgan fingerprint density at radius 1 is 0.682 bits per heavy atom. The number of allylic oxidation sites excluding steroid dienone is 17. The first-order chi connectivity index (χ1) is 20.3. The Bertz CT molecular complexity index is 1380. The van der Waals surface area contributed by atoms with Crippen LogP contribution < -0.4 is 0 Å². The molecule has 0 radical (unpaired) electrons. The fourth-order valence-electron chi connectivity index (χ4n) is 6.98. The van der Waals surface area contributed by atoms with Gasteiger partial charge in [-0.15, -0.1) is 0 Å². The molecule has 0 unspecified atom stereocenters. The molecule has 0 aromatic heterocycles. The molecule has 1 aliphatic carbocycles. The zero-order valence-corrected chi connectivity index (χ0v) is 28.7. The summed E-state index contributed by atoms with van der Waals surface area (Å²) in [5.74, 6) is 0.189. The molecule has 1 N–H and O–H groups in total. The van der Waals surface area contributed by atoms with Crippen LogP contribution in [0, 0.1) is 16.2 Å². The van der Waals surface area contributed by atoms with Gasteiger partial charge in [0.15, 0.2) is 5.78 Å². The summed E-state index contributed by atoms with van der Waals surface area (Å²) in [6.45, 7) is 20.3. The number of carbonyl (C=O) groups is 2. The van der Waals surface area contributed by atoms with E-state index in [4.69, 9.17) is 4.74 Å². The molecule has 3 rings (SSSR count). The van der Waals surface area contributed by atoms with Gasteiger partial charge in [-0.1, -0.05) is 130 Å². The number of hydrogen-bond donors (Lipinski definition) is 1. The maximum Gasteiger partial charge on any atom is 0.162 e. The van der Waals surface area contributed by atoms with Crippen LogP contribution in [0.25, 0.3) is 0 Å². The summed E-state index contributed by atoms with van der Waals surface area (Å²) in [4.78, 5) is 24.9. The largest absolute Gasteiger partial charge is 0.387 e. The molecule has 4 nitrogen and oxygen atoms in total. The zero-order chi connectivity index (χ0) is 33.0. The summed E-state index contributed by atoms with van der Waals surface area (Å²) in [6.07, 6.45) is 30.5. The molecule has 2 heterocycles. The monoisotopic (exact) mass is 598 g/mol. The molecule has 4 atom stereocenters. The number of fused-ring (bicyclic) bond motifs is 2. The molecule has 1 saturated carbocycles. The number of rotatable bonds is 11. The van der Waals surface area contributed by atoms with E-state index in [2.05, 4.69) is 64.2 Å². The van der Waals surface area contributed by atoms with Crippen molar-refractivity contribution >= 4 is 11.6 Å². The average Bonchev–Trinajstić information content (AvgIpc) is 3.41. The van der Waals surface area contributed by atoms with Crippen LogP contribution in [0.4, 0.5) is 0 Å². The van der Waals surface area contributed by atoms with E-state index in [0.29, 0.717) is 19.3 Å². The van der Waals surface area contributed by atoms with Crippen molar-refractivity contribution in [1.82, 2.24) is 0 Å². The van der Waals surface area contributed by atoms with Crippen molar-refractivity contribution in [3.05, 3.63) is 107 Å². The molecule has 3 aliphatic rings. The van der Waals surface area contributed by atoms with Crippen LogP contribution in [0.5, 0.6) is 0 Å². The fourth-order valence-corrected chi connectivity index (χ4v) is 6.98. The second-order valence-corrected chi connectivity index (χ2v) is 14.9. The Labute approximate surface area is 266 Å². The molecular weight excluding hydrogens is 544 g/mol. The summed E-state index contributed by atoms with van der Waals surface area (Å²) in [5, 5.41) is 11.1. The number of hydrogen-bond acceptors (Lipinski definition) is 4. The Balaban J connectivity index is 1.50. The SMILES string of the molecule is CC(/C=C/C=C(C)/C=C/C(=O)[C@]1(C)CC(=O)CC1(C)C)=C\C=C\C=C(C)\C=C\C=C(C)\C=C\[C@]12O[C@@H](CC1(C)C)C[C@@]2(C)O. The quantitative estimate of drug-likeness (QED) is 0.190. The van der Waals surface area contributed by atoms with Crippen molar-refractivity contribution in [3.63, 3.8) is 0 Å². The lowest BCUT2D eigenvalue weighted by Crippen LogP contribution is -2.56. The maximum absolute atomic E-state index is 12.9. The summed E-state index contributed by atoms with van der Waals surface area (Å²) in [6, 6.07) is 0. The molecule has 2 aliphatic heterocycles. The van der Waals surface area contributed by atoms with Gasteiger partial charge < -0.3 is 9.84 Å². The highest BCUT2D eigenvalue weighted by molar-refractivity contribution is 6.01. The Hall–Kier alpha value is -3.08. The molecule has 0 spiro atoms. The third kappa shape index (κ3) is 7.76. The summed E-state index contributed by atoms with van der Waals surface area (Å²) in [7, 11) is 0. The molecule has 2 saturated heterocycles. The molecule has 0 amide bonds. The van der Waals surface area contributed by atoms with Gasteiger partial charge in [0, 0.05) is 30.1 Å². The number of carbonyl (C=O) groups excluding carboxylic acids is 2. The predicted molar refractivity (Wildman–Crippen MR) is 183 cm³/mol. The lowest BCUT2D eigenvalue weighted by molar-refractivity contribution is -0.128. The van der Waals surface area contributed by atoms with Gasteiger partial charge in [0.2, 0.25) is 0 Å². The highest BCUT2D eigenvalue weighted by atomic mass is 16.5. The van der Waals surface area contributed by atoms with E-state index < -0.39 is 16.6 Å². The highest BCUT2D eigenvalue weighted by Gasteiger charge is 2.67. The summed E-state index contributed by atoms with van der Waals surface area (Å²) >= 11 is 0. The summed E-state index contributed by atoms with van der Waals surface area (Å²) in [5.41, 5.74) is 1.76. The van der Waals surface area contributed by atoms with Gasteiger partial charge in [-0.25, -0.2) is 0 Å². The molecule has 238 valence electrons. The molecule has 4 heteroatoms. The van der Waals surface area contributed by atoms with Crippen LogP contribution in [0.3, 0.4) is 0 Å². The van der Waals surface area contributed by atoms with Gasteiger partial charge >= 0.3 is 0 Å². The molecule has 0 aromatic carbocycles. The topological polar surface area (TPSA) is 63.6 Å². The number of ether oxygens (including phenoxy) is 1. The van der Waals surface area contributed by atoms with Gasteiger partial charge in [0.05, 0.1) is 11.7 Å². The molecule has 44 heavy (non-hydrogen) atoms. The van der Waals surface area contributed by atoms with Crippen LogP contribution in [0.15, 0.2) is 107 Å². The number of ketones is 2. The first-order valence-electron chi connectivity index (χ1n) is 15.9. The van der Waals surface area contributed by atoms with E-state index in [1.807, 2.05) is 84.1 Å². The lowest BCUT2D eigenvalue weighted by Gasteiger charge is -2.46. The Kier molecular flexibility index (Phi) is 10.9. The van der Waals surface area contributed by atoms with E-state index in [9.17, 15) is 14.7 Å². The highest BCUT2D eigenvalue weighted by Crippen LogP contribution is 2.60. The second kappa shape index (κ2) is 13.5. The van der Waals surface area contributed by atoms with Crippen molar-refractivity contribution in [2.24, 2.45) is 16.2 Å². The van der Waals surface area contributed by atoms with Crippen LogP contribution in [0.2, 0.25) is 0 Å². The normalized spacial score (nSPS) is 33.1. The Morgan fingerprint density at radius 2 is 1.18 bits per heavy atom. The Morgan fingerprint density at radius 3 is 1.66 bits per heavy atom. The van der Waals surface area contributed by atoms with Crippen LogP contribution in [0.1, 0.15) is 94.9 Å². The van der Waals surface area contributed by atoms with Crippen LogP contribution in [-0.4, -0.2) is 34.0 Å². The van der Waals surface area contributed by atoms with Gasteiger partial charge in [0.1, 0.15) is 11.4 Å². The number of Topliss-reactive ketones (excluding diaryl/α,β-unsaturated/α-hetero) is 1. The van der Waals surface area contributed by atoms with E-state index >= 15 is 0 Å². The van der Waals surface area contributed by atoms with E-state index in [1.54, 1.807) is 6.08 Å². The van der Waals surface area contributed by atoms with Crippen molar-refractivity contribution in [1.29, 1.82) is 0 Å². The minimum Gasteiger partial charge on any atom is -0.387 e. The molecule has 0 aromatic rings. The van der Waals surface area contributed by atoms with E-state index in [1.165, 1.54) is 0 Å². The predicted octanol–water partition coefficient (Wildman–Crippen LogP) is 9.23. The lowest BCUT2D eigenvalue weighted by atomic mass is 9.61. The third-order valence-electron chi connectivity index (χ3n) is 10.1. The first kappa shape index (κ1) is 35.4. The minimum absolute atomic E-state index is 0.0209. The standard InChI is InChI=1S/C40H54O4/c1-29(17-13-19-31(3)21-22-35(42)38(9)26-33(41)25-36(38,5)6)15-11-12-16-30(2)18-14-20-32(4)23-24-40-37(7,8)27-34(44-40)28-39(40,10)43/h11-24,34,43H,25-28H2,1-10H3/b12-11+,17-13+,18-14+,22-21+,24-23+,29-15+,30-16+,31-19+,32-20+/t34-,38-,39+,40-/m0/s1. The molecule has 2 bridgehead atoms. The smallest absolute Gasteiger partial charge is 0.162 e. The van der Waals surface area contributed by atoms with Gasteiger partial charge in [-0.3, -0.25) is 9.59 Å². The molecular formula is C40H54O4. The van der Waals surface area contributed by atoms with E-state index in [-0.39, 0.29) is 28.5 Å². The zero-order valence-electron chi connectivity index (χ0n) is 28.7. The van der Waals surface area contributed by atoms with Gasteiger partial charge in [0.25, 0.3) is 0 Å². The van der Waals surface area contributed by atoms with Crippen molar-refractivity contribution in [2.45, 2.75) is 112 Å². The van der Waals surface area contributed by atoms with Crippen molar-refractivity contribution < 1.29 is 19.4 Å². The van der Waals surface area contributed by atoms with Crippen LogP contribution in [-0.2, 0) is 14.3 Å². The number of aliphatic hydroxyl groups is 1. The third-order valence-corrected chi connectivity index (χ3v) is 10.1. The first-order valence-corrected chi connectivity index (χ1v) is 15.9. The molecule has 3 fully saturated rings. The average molecular weight is 599 g/mol. The van der Waals surface area contributed by atoms with Gasteiger partial charge in [-0.05, 0) is 58.6 Å². The van der Waals surface area contributed by atoms with Gasteiger partial charge in [-0.2, -0.15) is 0 Å². The maximum atomic E-state index is 12.9. The van der Waals surface area contributed by atoms with E-state index in [0.717, 1.165) is 28.7 Å². The van der Waals surface area contributed by atoms with Crippen molar-refractivity contribution in [3.8, 4) is 0 Å². The van der Waals surface area contributed by atoms with Crippen molar-refractivity contribution in [2.75, 3.05) is 0 Å². The summed E-state index contributed by atoms with van der Waals surface area (Å²) < 4.78 is 6.30. The second-order valence-electron chi connectivity index (χ2n) is 14.9. The fraction of sp³-hybridized carbons (Fsp3) is 0.500. The minimum atomic E-state index is -0.857.